The summed E-state index contributed by atoms with van der Waals surface area (Å²) < 4.78 is 0. The van der Waals surface area contributed by atoms with Gasteiger partial charge in [0.05, 0.1) is 5.52 Å². The van der Waals surface area contributed by atoms with E-state index < -0.39 is 0 Å². The van der Waals surface area contributed by atoms with Gasteiger partial charge in [0.1, 0.15) is 0 Å². The molecule has 0 fully saturated rings. The largest absolute Gasteiger partial charge is 0.504 e. The van der Waals surface area contributed by atoms with Gasteiger partial charge in [-0.3, -0.25) is 0 Å². The van der Waals surface area contributed by atoms with E-state index in [1.807, 2.05) is 31.2 Å². The van der Waals surface area contributed by atoms with Crippen LogP contribution in [-0.4, -0.2) is 10.1 Å². The molecule has 0 aliphatic carbocycles. The summed E-state index contributed by atoms with van der Waals surface area (Å²) in [5, 5.41) is 10.6. The van der Waals surface area contributed by atoms with E-state index in [1.165, 1.54) is 0 Å². The van der Waals surface area contributed by atoms with Crippen molar-refractivity contribution in [2.75, 3.05) is 0 Å². The molecule has 0 aliphatic rings. The maximum absolute atomic E-state index is 9.51. The molecular weight excluding hydrogens is 198 g/mol. The quantitative estimate of drug-likeness (QED) is 0.674. The first-order valence-corrected chi connectivity index (χ1v) is 4.32. The number of benzene rings is 1. The summed E-state index contributed by atoms with van der Waals surface area (Å²) in [5.41, 5.74) is 1.58. The number of halogens is 1. The summed E-state index contributed by atoms with van der Waals surface area (Å²) in [6.45, 7) is 1.82. The van der Waals surface area contributed by atoms with Crippen molar-refractivity contribution in [1.82, 2.24) is 4.98 Å². The van der Waals surface area contributed by atoms with Crippen LogP contribution in [0.5, 0.6) is 5.75 Å². The van der Waals surface area contributed by atoms with Crippen LogP contribution in [0.1, 0.15) is 13.0 Å². The maximum atomic E-state index is 9.51. The third-order valence-corrected chi connectivity index (χ3v) is 2.34. The molecule has 0 saturated heterocycles. The molecule has 0 saturated carbocycles. The van der Waals surface area contributed by atoms with Gasteiger partial charge in [0.25, 0.3) is 0 Å². The average Bonchev–Trinajstić information content (AvgIpc) is 2.15. The normalized spacial score (nSPS) is 9.86. The number of aromatic nitrogens is 1. The molecule has 1 heterocycles. The first kappa shape index (κ1) is 10.8. The highest BCUT2D eigenvalue weighted by atomic mass is 35.5. The van der Waals surface area contributed by atoms with Crippen molar-refractivity contribution >= 4 is 22.5 Å². The highest BCUT2D eigenvalue weighted by Gasteiger charge is 2.07. The highest BCUT2D eigenvalue weighted by molar-refractivity contribution is 6.31. The second kappa shape index (κ2) is 3.84. The fourth-order valence-electron chi connectivity index (χ4n) is 1.33. The lowest BCUT2D eigenvalue weighted by atomic mass is 10.1. The summed E-state index contributed by atoms with van der Waals surface area (Å²) in [6.07, 6.45) is 0. The van der Waals surface area contributed by atoms with Crippen LogP contribution in [0, 0.1) is 6.92 Å². The van der Waals surface area contributed by atoms with Crippen molar-refractivity contribution in [3.8, 4) is 5.75 Å². The van der Waals surface area contributed by atoms with E-state index >= 15 is 0 Å². The number of hydrogen-bond acceptors (Lipinski definition) is 2. The van der Waals surface area contributed by atoms with Crippen LogP contribution in [0.15, 0.2) is 24.3 Å². The van der Waals surface area contributed by atoms with Crippen molar-refractivity contribution in [2.45, 2.75) is 14.4 Å². The van der Waals surface area contributed by atoms with Crippen LogP contribution in [0.2, 0.25) is 5.15 Å². The van der Waals surface area contributed by atoms with Crippen LogP contribution < -0.4 is 0 Å². The predicted molar refractivity (Wildman–Crippen MR) is 59.9 cm³/mol. The lowest BCUT2D eigenvalue weighted by Gasteiger charge is -2.04. The number of pyridine rings is 1. The van der Waals surface area contributed by atoms with E-state index in [1.54, 1.807) is 0 Å². The summed E-state index contributed by atoms with van der Waals surface area (Å²) in [7, 11) is 0. The Bertz CT molecular complexity index is 468. The molecule has 0 amide bonds. The second-order valence-corrected chi connectivity index (χ2v) is 3.25. The first-order chi connectivity index (χ1) is 6.20. The van der Waals surface area contributed by atoms with Crippen LogP contribution in [0.4, 0.5) is 0 Å². The van der Waals surface area contributed by atoms with Crippen molar-refractivity contribution in [3.05, 3.63) is 35.0 Å². The molecule has 0 bridgehead atoms. The summed E-state index contributed by atoms with van der Waals surface area (Å²) >= 11 is 5.73. The molecule has 2 nitrogen and oxygen atoms in total. The van der Waals surface area contributed by atoms with Crippen LogP contribution in [0.3, 0.4) is 0 Å². The number of nitrogens with zero attached hydrogens (tertiary/aromatic N) is 1. The van der Waals surface area contributed by atoms with Gasteiger partial charge in [-0.15, -0.1) is 0 Å². The van der Waals surface area contributed by atoms with Gasteiger partial charge in [0.15, 0.2) is 10.9 Å². The summed E-state index contributed by atoms with van der Waals surface area (Å²) in [4.78, 5) is 4.05. The Morgan fingerprint density at radius 1 is 1.29 bits per heavy atom. The number of aryl methyl sites for hydroxylation is 1. The average molecular weight is 210 g/mol. The van der Waals surface area contributed by atoms with E-state index in [4.69, 9.17) is 11.6 Å². The Morgan fingerprint density at radius 2 is 1.93 bits per heavy atom. The van der Waals surface area contributed by atoms with E-state index in [0.29, 0.717) is 0 Å². The number of para-hydroxylation sites is 1. The Balaban J connectivity index is 0.000000980. The molecule has 1 N–H and O–H groups in total. The first-order valence-electron chi connectivity index (χ1n) is 3.94. The minimum atomic E-state index is 0. The van der Waals surface area contributed by atoms with E-state index in [-0.39, 0.29) is 18.3 Å². The smallest absolute Gasteiger partial charge is 0.171 e. The van der Waals surface area contributed by atoms with Gasteiger partial charge < -0.3 is 5.11 Å². The number of fused-ring (bicyclic) bond motifs is 1. The monoisotopic (exact) mass is 209 g/mol. The molecule has 14 heavy (non-hydrogen) atoms. The van der Waals surface area contributed by atoms with Crippen molar-refractivity contribution in [1.29, 1.82) is 0 Å². The van der Waals surface area contributed by atoms with Gasteiger partial charge in [-0.05, 0) is 13.0 Å². The molecule has 2 rings (SSSR count). The Morgan fingerprint density at radius 3 is 2.64 bits per heavy atom. The van der Waals surface area contributed by atoms with Gasteiger partial charge in [-0.2, -0.15) is 0 Å². The number of rotatable bonds is 0. The van der Waals surface area contributed by atoms with Gasteiger partial charge in [-0.25, -0.2) is 4.98 Å². The molecule has 1 aromatic heterocycles. The molecule has 3 heteroatoms. The lowest BCUT2D eigenvalue weighted by Crippen LogP contribution is -1.85. The number of aromatic hydroxyl groups is 1. The fourth-order valence-corrected chi connectivity index (χ4v) is 1.56. The van der Waals surface area contributed by atoms with Crippen molar-refractivity contribution in [3.63, 3.8) is 0 Å². The third-order valence-electron chi connectivity index (χ3n) is 2.08. The Hall–Kier alpha value is -1.28. The molecule has 0 unspecified atom stereocenters. The lowest BCUT2D eigenvalue weighted by molar-refractivity contribution is 0.470. The topological polar surface area (TPSA) is 33.1 Å². The van der Waals surface area contributed by atoms with Crippen LogP contribution >= 0.6 is 11.6 Å². The van der Waals surface area contributed by atoms with Crippen molar-refractivity contribution < 1.29 is 5.11 Å². The fraction of sp³-hybridized carbons (Fsp3) is 0.182. The standard InChI is InChI=1S/C10H8ClNO.CH4/c1-6-7-4-2-3-5-8(7)12-10(11)9(6)13;/h2-5,13H,1H3;1H4. The number of hydrogen-bond donors (Lipinski definition) is 1. The maximum Gasteiger partial charge on any atom is 0.171 e. The molecule has 0 aliphatic heterocycles. The third kappa shape index (κ3) is 1.53. The molecule has 0 atom stereocenters. The SMILES string of the molecule is C.Cc1c(O)c(Cl)nc2ccccc12. The summed E-state index contributed by atoms with van der Waals surface area (Å²) in [6, 6.07) is 7.58. The van der Waals surface area contributed by atoms with Gasteiger partial charge in [0.2, 0.25) is 0 Å². The Labute approximate surface area is 88.2 Å². The minimum absolute atomic E-state index is 0. The van der Waals surface area contributed by atoms with Crippen LogP contribution in [-0.2, 0) is 0 Å². The Kier molecular flexibility index (Phi) is 2.96. The van der Waals surface area contributed by atoms with Gasteiger partial charge >= 0.3 is 0 Å². The molecule has 2 aromatic rings. The molecule has 0 spiro atoms. The zero-order chi connectivity index (χ0) is 9.42. The van der Waals surface area contributed by atoms with E-state index in [9.17, 15) is 5.11 Å². The summed E-state index contributed by atoms with van der Waals surface area (Å²) in [5.74, 6) is 0.0698. The van der Waals surface area contributed by atoms with Crippen molar-refractivity contribution in [2.24, 2.45) is 0 Å². The highest BCUT2D eigenvalue weighted by Crippen LogP contribution is 2.30. The minimum Gasteiger partial charge on any atom is -0.504 e. The second-order valence-electron chi connectivity index (χ2n) is 2.89. The predicted octanol–water partition coefficient (Wildman–Crippen LogP) is 3.54. The molecule has 74 valence electrons. The molecular formula is C11H12ClNO. The zero-order valence-electron chi connectivity index (χ0n) is 7.08. The van der Waals surface area contributed by atoms with E-state index in [0.717, 1.165) is 16.5 Å². The molecule has 1 aromatic carbocycles. The molecule has 0 radical (unpaired) electrons. The van der Waals surface area contributed by atoms with Crippen LogP contribution in [0.25, 0.3) is 10.9 Å². The van der Waals surface area contributed by atoms with Gasteiger partial charge in [-0.1, -0.05) is 37.2 Å². The zero-order valence-corrected chi connectivity index (χ0v) is 7.84. The van der Waals surface area contributed by atoms with E-state index in [2.05, 4.69) is 4.98 Å². The van der Waals surface area contributed by atoms with Gasteiger partial charge in [0, 0.05) is 10.9 Å².